The molecular weight excluding hydrogens is 246 g/mol. The maximum atomic E-state index is 12.3. The van der Waals surface area contributed by atoms with Crippen molar-refractivity contribution < 1.29 is 8.42 Å². The molecule has 0 atom stereocenters. The van der Waals surface area contributed by atoms with Gasteiger partial charge in [-0.05, 0) is 50.2 Å². The Hall–Kier alpha value is -0.870. The van der Waals surface area contributed by atoms with E-state index in [1.807, 2.05) is 18.2 Å². The Kier molecular flexibility index (Phi) is 2.75. The van der Waals surface area contributed by atoms with Gasteiger partial charge in [-0.15, -0.1) is 0 Å². The summed E-state index contributed by atoms with van der Waals surface area (Å²) < 4.78 is 24.6. The third kappa shape index (κ3) is 2.31. The molecule has 0 spiro atoms. The van der Waals surface area contributed by atoms with Crippen molar-refractivity contribution in [3.05, 3.63) is 29.8 Å². The van der Waals surface area contributed by atoms with Gasteiger partial charge in [0, 0.05) is 5.54 Å². The molecule has 0 aromatic heterocycles. The fourth-order valence-corrected chi connectivity index (χ4v) is 4.26. The summed E-state index contributed by atoms with van der Waals surface area (Å²) >= 11 is 0. The van der Waals surface area contributed by atoms with Crippen LogP contribution < -0.4 is 5.73 Å². The molecule has 2 fully saturated rings. The highest BCUT2D eigenvalue weighted by Crippen LogP contribution is 2.38. The van der Waals surface area contributed by atoms with Crippen LogP contribution in [-0.4, -0.2) is 19.2 Å². The summed E-state index contributed by atoms with van der Waals surface area (Å²) in [4.78, 5) is 0.539. The molecule has 0 aliphatic heterocycles. The summed E-state index contributed by atoms with van der Waals surface area (Å²) in [5.41, 5.74) is 7.00. The predicted molar refractivity (Wildman–Crippen MR) is 71.1 cm³/mol. The summed E-state index contributed by atoms with van der Waals surface area (Å²) in [5, 5.41) is -0.133. The predicted octanol–water partition coefficient (Wildman–Crippen LogP) is 2.05. The van der Waals surface area contributed by atoms with E-state index in [4.69, 9.17) is 5.73 Å². The number of hydrogen-bond acceptors (Lipinski definition) is 3. The van der Waals surface area contributed by atoms with Gasteiger partial charge in [0.15, 0.2) is 9.84 Å². The van der Waals surface area contributed by atoms with Crippen LogP contribution in [0.4, 0.5) is 0 Å². The van der Waals surface area contributed by atoms with Crippen LogP contribution in [0.1, 0.15) is 37.7 Å². The molecular formula is C14H19NO2S. The zero-order valence-corrected chi connectivity index (χ0v) is 11.2. The number of rotatable bonds is 5. The lowest BCUT2D eigenvalue weighted by Crippen LogP contribution is -2.22. The summed E-state index contributed by atoms with van der Waals surface area (Å²) in [6.07, 6.45) is 5.45. The number of aryl methyl sites for hydroxylation is 1. The van der Waals surface area contributed by atoms with Gasteiger partial charge >= 0.3 is 0 Å². The molecule has 0 bridgehead atoms. The zero-order chi connectivity index (χ0) is 12.8. The molecule has 2 N–H and O–H groups in total. The largest absolute Gasteiger partial charge is 0.325 e. The third-order valence-corrected chi connectivity index (χ3v) is 6.39. The van der Waals surface area contributed by atoms with Gasteiger partial charge in [0.25, 0.3) is 0 Å². The van der Waals surface area contributed by atoms with Gasteiger partial charge < -0.3 is 5.73 Å². The number of sulfone groups is 1. The Balaban J connectivity index is 1.85. The smallest absolute Gasteiger partial charge is 0.181 e. The molecule has 98 valence electrons. The highest BCUT2D eigenvalue weighted by Gasteiger charge is 2.40. The minimum atomic E-state index is -3.08. The van der Waals surface area contributed by atoms with Crippen molar-refractivity contribution in [3.8, 4) is 0 Å². The first-order chi connectivity index (χ1) is 8.51. The molecule has 3 rings (SSSR count). The van der Waals surface area contributed by atoms with Crippen molar-refractivity contribution in [2.75, 3.05) is 0 Å². The topological polar surface area (TPSA) is 60.2 Å². The molecule has 4 heteroatoms. The second-order valence-corrected chi connectivity index (χ2v) is 7.91. The molecule has 18 heavy (non-hydrogen) atoms. The van der Waals surface area contributed by atoms with E-state index in [2.05, 4.69) is 0 Å². The second kappa shape index (κ2) is 4.07. The van der Waals surface area contributed by atoms with Crippen LogP contribution in [0.3, 0.4) is 0 Å². The Morgan fingerprint density at radius 3 is 2.50 bits per heavy atom. The number of benzene rings is 1. The molecule has 3 nitrogen and oxygen atoms in total. The zero-order valence-electron chi connectivity index (χ0n) is 10.4. The van der Waals surface area contributed by atoms with Gasteiger partial charge in [-0.3, -0.25) is 0 Å². The van der Waals surface area contributed by atoms with E-state index in [0.717, 1.165) is 44.1 Å². The van der Waals surface area contributed by atoms with E-state index in [9.17, 15) is 8.42 Å². The lowest BCUT2D eigenvalue weighted by molar-refractivity contribution is 0.586. The fraction of sp³-hybridized carbons (Fsp3) is 0.571. The minimum Gasteiger partial charge on any atom is -0.325 e. The fourth-order valence-electron chi connectivity index (χ4n) is 2.34. The summed E-state index contributed by atoms with van der Waals surface area (Å²) in [6.45, 7) is 0. The molecule has 2 aliphatic carbocycles. The van der Waals surface area contributed by atoms with Crippen molar-refractivity contribution in [2.45, 2.75) is 54.2 Å². The van der Waals surface area contributed by atoms with Gasteiger partial charge in [0.05, 0.1) is 10.1 Å². The summed E-state index contributed by atoms with van der Waals surface area (Å²) in [7, 11) is -3.08. The van der Waals surface area contributed by atoms with Crippen LogP contribution in [0, 0.1) is 0 Å². The number of hydrogen-bond donors (Lipinski definition) is 1. The molecule has 2 aliphatic rings. The van der Waals surface area contributed by atoms with E-state index in [-0.39, 0.29) is 10.8 Å². The lowest BCUT2D eigenvalue weighted by atomic mass is 10.0. The van der Waals surface area contributed by atoms with Gasteiger partial charge in [-0.25, -0.2) is 8.42 Å². The molecule has 0 saturated heterocycles. The first kappa shape index (κ1) is 12.2. The van der Waals surface area contributed by atoms with Gasteiger partial charge in [-0.1, -0.05) is 18.2 Å². The molecule has 0 radical (unpaired) electrons. The maximum absolute atomic E-state index is 12.3. The second-order valence-electron chi connectivity index (χ2n) is 5.71. The van der Waals surface area contributed by atoms with Crippen molar-refractivity contribution in [1.29, 1.82) is 0 Å². The lowest BCUT2D eigenvalue weighted by Gasteiger charge is -2.12. The highest BCUT2D eigenvalue weighted by molar-refractivity contribution is 7.92. The molecule has 0 unspecified atom stereocenters. The average Bonchev–Trinajstić information content (AvgIpc) is 3.22. The van der Waals surface area contributed by atoms with Crippen LogP contribution >= 0.6 is 0 Å². The SMILES string of the molecule is NC1(CCc2ccccc2S(=O)(=O)C2CC2)CC1. The van der Waals surface area contributed by atoms with Crippen molar-refractivity contribution in [2.24, 2.45) is 5.73 Å². The van der Waals surface area contributed by atoms with E-state index in [1.54, 1.807) is 6.07 Å². The monoisotopic (exact) mass is 265 g/mol. The molecule has 1 aromatic rings. The highest BCUT2D eigenvalue weighted by atomic mass is 32.2. The standard InChI is InChI=1S/C14H19NO2S/c15-14(9-10-14)8-7-11-3-1-2-4-13(11)18(16,17)12-5-6-12/h1-4,12H,5-10,15H2. The van der Waals surface area contributed by atoms with Crippen LogP contribution in [0.2, 0.25) is 0 Å². The first-order valence-electron chi connectivity index (χ1n) is 6.62. The van der Waals surface area contributed by atoms with Crippen LogP contribution in [0.25, 0.3) is 0 Å². The third-order valence-electron chi connectivity index (χ3n) is 4.03. The normalized spacial score (nSPS) is 21.8. The average molecular weight is 265 g/mol. The Bertz CT molecular complexity index is 557. The quantitative estimate of drug-likeness (QED) is 0.886. The Labute approximate surface area is 108 Å². The summed E-state index contributed by atoms with van der Waals surface area (Å²) in [5.74, 6) is 0. The van der Waals surface area contributed by atoms with Gasteiger partial charge in [0.2, 0.25) is 0 Å². The van der Waals surface area contributed by atoms with Crippen LogP contribution in [0.5, 0.6) is 0 Å². The van der Waals surface area contributed by atoms with E-state index >= 15 is 0 Å². The Morgan fingerprint density at radius 1 is 1.22 bits per heavy atom. The van der Waals surface area contributed by atoms with E-state index in [0.29, 0.717) is 4.90 Å². The molecule has 2 saturated carbocycles. The molecule has 0 amide bonds. The van der Waals surface area contributed by atoms with Crippen molar-refractivity contribution in [3.63, 3.8) is 0 Å². The van der Waals surface area contributed by atoms with E-state index < -0.39 is 9.84 Å². The maximum Gasteiger partial charge on any atom is 0.181 e. The van der Waals surface area contributed by atoms with Crippen molar-refractivity contribution in [1.82, 2.24) is 0 Å². The van der Waals surface area contributed by atoms with E-state index in [1.165, 1.54) is 0 Å². The van der Waals surface area contributed by atoms with Crippen molar-refractivity contribution >= 4 is 9.84 Å². The Morgan fingerprint density at radius 2 is 1.89 bits per heavy atom. The minimum absolute atomic E-state index is 0.0174. The molecule has 1 aromatic carbocycles. The first-order valence-corrected chi connectivity index (χ1v) is 8.17. The van der Waals surface area contributed by atoms with Gasteiger partial charge in [0.1, 0.15) is 0 Å². The summed E-state index contributed by atoms with van der Waals surface area (Å²) in [6, 6.07) is 7.41. The van der Waals surface area contributed by atoms with Gasteiger partial charge in [-0.2, -0.15) is 0 Å². The van der Waals surface area contributed by atoms with Crippen LogP contribution in [-0.2, 0) is 16.3 Å². The molecule has 0 heterocycles. The number of nitrogens with two attached hydrogens (primary N) is 1. The van der Waals surface area contributed by atoms with Crippen LogP contribution in [0.15, 0.2) is 29.2 Å².